The highest BCUT2D eigenvalue weighted by molar-refractivity contribution is 6.09. The summed E-state index contributed by atoms with van der Waals surface area (Å²) in [5.74, 6) is -0.686. The largest absolute Gasteiger partial charge is 0.336 e. The molecule has 0 saturated carbocycles. The van der Waals surface area contributed by atoms with Gasteiger partial charge in [-0.15, -0.1) is 0 Å². The summed E-state index contributed by atoms with van der Waals surface area (Å²) >= 11 is 0. The zero-order chi connectivity index (χ0) is 24.1. The number of amides is 4. The molecule has 3 aromatic rings. The van der Waals surface area contributed by atoms with Crippen LogP contribution in [0.2, 0.25) is 0 Å². The second-order valence-corrected chi connectivity index (χ2v) is 8.85. The van der Waals surface area contributed by atoms with Crippen molar-refractivity contribution in [3.63, 3.8) is 0 Å². The third-order valence-corrected chi connectivity index (χ3v) is 6.28. The second kappa shape index (κ2) is 9.91. The number of aryl methyl sites for hydroxylation is 1. The zero-order valence-electron chi connectivity index (χ0n) is 19.5. The average Bonchev–Trinajstić information content (AvgIpc) is 3.07. The number of nitrogens with one attached hydrogen (secondary N) is 1. The molecule has 1 N–H and O–H groups in total. The van der Waals surface area contributed by atoms with Gasteiger partial charge in [0.05, 0.1) is 0 Å². The molecule has 6 heteroatoms. The summed E-state index contributed by atoms with van der Waals surface area (Å²) in [7, 11) is 0. The molecule has 1 atom stereocenters. The number of carbonyl (C=O) groups excluding carboxylic acids is 3. The van der Waals surface area contributed by atoms with Gasteiger partial charge in [0, 0.05) is 13.1 Å². The van der Waals surface area contributed by atoms with E-state index in [0.717, 1.165) is 21.6 Å². The molecule has 0 radical (unpaired) electrons. The van der Waals surface area contributed by atoms with Crippen LogP contribution in [0.1, 0.15) is 29.2 Å². The molecule has 0 aliphatic carbocycles. The molecule has 174 valence electrons. The van der Waals surface area contributed by atoms with Gasteiger partial charge in [-0.25, -0.2) is 4.79 Å². The zero-order valence-corrected chi connectivity index (χ0v) is 19.5. The lowest BCUT2D eigenvalue weighted by atomic mass is 9.91. The van der Waals surface area contributed by atoms with Crippen molar-refractivity contribution >= 4 is 17.8 Å². The fourth-order valence-corrected chi connectivity index (χ4v) is 4.16. The molecule has 1 unspecified atom stereocenters. The maximum Gasteiger partial charge on any atom is 0.325 e. The van der Waals surface area contributed by atoms with Crippen molar-refractivity contribution in [2.75, 3.05) is 13.1 Å². The van der Waals surface area contributed by atoms with Gasteiger partial charge in [-0.3, -0.25) is 14.5 Å². The van der Waals surface area contributed by atoms with Crippen molar-refractivity contribution < 1.29 is 14.4 Å². The first kappa shape index (κ1) is 23.2. The van der Waals surface area contributed by atoms with E-state index in [1.165, 1.54) is 0 Å². The average molecular weight is 456 g/mol. The molecule has 1 saturated heterocycles. The Morgan fingerprint density at radius 1 is 0.882 bits per heavy atom. The fourth-order valence-electron chi connectivity index (χ4n) is 4.16. The number of benzene rings is 3. The third-order valence-electron chi connectivity index (χ3n) is 6.28. The van der Waals surface area contributed by atoms with E-state index in [-0.39, 0.29) is 12.5 Å². The lowest BCUT2D eigenvalue weighted by Crippen LogP contribution is -2.44. The molecule has 3 aromatic carbocycles. The standard InChI is InChI=1S/C28H29N3O3/c1-21-13-15-24(16-14-21)28(2)26(33)31(27(34)29-28)20-25(32)30(19-23-11-7-4-8-12-23)18-17-22-9-5-3-6-10-22/h3-16H,17-20H2,1-2H3,(H,29,34). The minimum absolute atomic E-state index is 0.267. The molecule has 1 aliphatic rings. The van der Waals surface area contributed by atoms with E-state index in [2.05, 4.69) is 5.32 Å². The second-order valence-electron chi connectivity index (χ2n) is 8.85. The number of nitrogens with zero attached hydrogens (tertiary/aromatic N) is 2. The van der Waals surface area contributed by atoms with Gasteiger partial charge in [-0.1, -0.05) is 90.5 Å². The van der Waals surface area contributed by atoms with Gasteiger partial charge in [0.2, 0.25) is 5.91 Å². The first-order valence-corrected chi connectivity index (χ1v) is 11.4. The Balaban J connectivity index is 1.51. The van der Waals surface area contributed by atoms with Crippen molar-refractivity contribution in [3.05, 3.63) is 107 Å². The summed E-state index contributed by atoms with van der Waals surface area (Å²) in [6, 6.07) is 26.6. The summed E-state index contributed by atoms with van der Waals surface area (Å²) in [6.45, 7) is 4.23. The molecule has 0 spiro atoms. The molecular weight excluding hydrogens is 426 g/mol. The van der Waals surface area contributed by atoms with E-state index in [1.54, 1.807) is 11.8 Å². The van der Waals surface area contributed by atoms with E-state index < -0.39 is 17.5 Å². The molecular formula is C28H29N3O3. The van der Waals surface area contributed by atoms with Crippen LogP contribution in [0.15, 0.2) is 84.9 Å². The number of imide groups is 1. The molecule has 1 aliphatic heterocycles. The van der Waals surface area contributed by atoms with Crippen molar-refractivity contribution in [2.45, 2.75) is 32.4 Å². The minimum atomic E-state index is -1.20. The van der Waals surface area contributed by atoms with Crippen LogP contribution >= 0.6 is 0 Å². The molecule has 1 fully saturated rings. The maximum absolute atomic E-state index is 13.4. The lowest BCUT2D eigenvalue weighted by molar-refractivity contribution is -0.139. The van der Waals surface area contributed by atoms with Crippen LogP contribution in [0, 0.1) is 6.92 Å². The van der Waals surface area contributed by atoms with Crippen molar-refractivity contribution in [1.82, 2.24) is 15.1 Å². The summed E-state index contributed by atoms with van der Waals surface area (Å²) in [5.41, 5.74) is 2.67. The number of rotatable bonds is 8. The maximum atomic E-state index is 13.4. The Kier molecular flexibility index (Phi) is 6.77. The highest BCUT2D eigenvalue weighted by Gasteiger charge is 2.49. The SMILES string of the molecule is Cc1ccc(C2(C)NC(=O)N(CC(=O)N(CCc3ccccc3)Cc3ccccc3)C2=O)cc1. The Morgan fingerprint density at radius 2 is 1.47 bits per heavy atom. The fraction of sp³-hybridized carbons (Fsp3) is 0.250. The first-order chi connectivity index (χ1) is 16.4. The molecule has 34 heavy (non-hydrogen) atoms. The van der Waals surface area contributed by atoms with Crippen molar-refractivity contribution in [2.24, 2.45) is 0 Å². The van der Waals surface area contributed by atoms with E-state index >= 15 is 0 Å². The topological polar surface area (TPSA) is 69.7 Å². The van der Waals surface area contributed by atoms with Gasteiger partial charge in [0.25, 0.3) is 5.91 Å². The normalized spacial score (nSPS) is 17.5. The number of carbonyl (C=O) groups is 3. The van der Waals surface area contributed by atoms with Crippen LogP contribution in [0.3, 0.4) is 0 Å². The van der Waals surface area contributed by atoms with Crippen LogP contribution in [0.25, 0.3) is 0 Å². The van der Waals surface area contributed by atoms with Crippen LogP contribution in [-0.4, -0.2) is 40.7 Å². The molecule has 4 amide bonds. The number of hydrogen-bond acceptors (Lipinski definition) is 3. The number of hydrogen-bond donors (Lipinski definition) is 1. The Bertz CT molecular complexity index is 1160. The van der Waals surface area contributed by atoms with Gasteiger partial charge in [-0.05, 0) is 37.0 Å². The summed E-state index contributed by atoms with van der Waals surface area (Å²) in [5, 5.41) is 2.78. The van der Waals surface area contributed by atoms with E-state index in [1.807, 2.05) is 91.9 Å². The lowest BCUT2D eigenvalue weighted by Gasteiger charge is -2.26. The molecule has 0 aromatic heterocycles. The number of urea groups is 1. The summed E-state index contributed by atoms with van der Waals surface area (Å²) in [4.78, 5) is 42.2. The predicted octanol–water partition coefficient (Wildman–Crippen LogP) is 4.03. The van der Waals surface area contributed by atoms with Gasteiger partial charge >= 0.3 is 6.03 Å². The predicted molar refractivity (Wildman–Crippen MR) is 131 cm³/mol. The third kappa shape index (κ3) is 5.01. The highest BCUT2D eigenvalue weighted by atomic mass is 16.2. The van der Waals surface area contributed by atoms with E-state index in [4.69, 9.17) is 0 Å². The summed E-state index contributed by atoms with van der Waals surface area (Å²) in [6.07, 6.45) is 0.681. The molecule has 0 bridgehead atoms. The van der Waals surface area contributed by atoms with Crippen molar-refractivity contribution in [1.29, 1.82) is 0 Å². The smallest absolute Gasteiger partial charge is 0.325 e. The monoisotopic (exact) mass is 455 g/mol. The molecule has 6 nitrogen and oxygen atoms in total. The molecule has 1 heterocycles. The van der Waals surface area contributed by atoms with Gasteiger partial charge in [-0.2, -0.15) is 0 Å². The van der Waals surface area contributed by atoms with Gasteiger partial charge in [0.1, 0.15) is 12.1 Å². The van der Waals surface area contributed by atoms with Gasteiger partial charge in [0.15, 0.2) is 0 Å². The summed E-state index contributed by atoms with van der Waals surface area (Å²) < 4.78 is 0. The van der Waals surface area contributed by atoms with Crippen LogP contribution in [0.5, 0.6) is 0 Å². The first-order valence-electron chi connectivity index (χ1n) is 11.4. The van der Waals surface area contributed by atoms with Crippen LogP contribution in [0.4, 0.5) is 4.79 Å². The quantitative estimate of drug-likeness (QED) is 0.522. The van der Waals surface area contributed by atoms with E-state index in [9.17, 15) is 14.4 Å². The highest BCUT2D eigenvalue weighted by Crippen LogP contribution is 2.29. The van der Waals surface area contributed by atoms with Gasteiger partial charge < -0.3 is 10.2 Å². The Morgan fingerprint density at radius 3 is 2.09 bits per heavy atom. The Hall–Kier alpha value is -3.93. The minimum Gasteiger partial charge on any atom is -0.336 e. The van der Waals surface area contributed by atoms with Crippen LogP contribution in [-0.2, 0) is 28.1 Å². The Labute approximate surface area is 200 Å². The molecule has 4 rings (SSSR count). The van der Waals surface area contributed by atoms with E-state index in [0.29, 0.717) is 25.1 Å². The van der Waals surface area contributed by atoms with Crippen molar-refractivity contribution in [3.8, 4) is 0 Å². The van der Waals surface area contributed by atoms with Crippen LogP contribution < -0.4 is 5.32 Å².